The minimum Gasteiger partial charge on any atom is -0.598 e. The smallest absolute Gasteiger partial charge is 0.136 e. The lowest BCUT2D eigenvalue weighted by molar-refractivity contribution is 0.0349. The van der Waals surface area contributed by atoms with Crippen molar-refractivity contribution in [3.63, 3.8) is 0 Å². The van der Waals surface area contributed by atoms with E-state index in [1.54, 1.807) is 0 Å². The van der Waals surface area contributed by atoms with Gasteiger partial charge in [-0.05, 0) is 72.5 Å². The van der Waals surface area contributed by atoms with Crippen molar-refractivity contribution in [2.75, 3.05) is 13.1 Å². The summed E-state index contributed by atoms with van der Waals surface area (Å²) in [5.41, 5.74) is 3.09. The van der Waals surface area contributed by atoms with Crippen LogP contribution < -0.4 is 10.0 Å². The Hall–Kier alpha value is -0.0700. The van der Waals surface area contributed by atoms with Gasteiger partial charge >= 0.3 is 0 Å². The van der Waals surface area contributed by atoms with Crippen LogP contribution in [0.2, 0.25) is 0 Å². The van der Waals surface area contributed by atoms with Gasteiger partial charge in [-0.1, -0.05) is 5.57 Å². The summed E-state index contributed by atoms with van der Waals surface area (Å²) in [6.45, 7) is 12.5. The molecule has 1 aliphatic carbocycles. The van der Waals surface area contributed by atoms with Crippen LogP contribution in [0.4, 0.5) is 0 Å². The van der Waals surface area contributed by atoms with Gasteiger partial charge in [-0.25, -0.2) is 0 Å². The molecule has 5 heteroatoms. The van der Waals surface area contributed by atoms with Gasteiger partial charge in [-0.2, -0.15) is 0 Å². The Kier molecular flexibility index (Phi) is 4.41. The molecule has 2 saturated heterocycles. The first-order valence-electron chi connectivity index (χ1n) is 8.48. The zero-order chi connectivity index (χ0) is 16.1. The average Bonchev–Trinajstić information content (AvgIpc) is 3.11. The Labute approximate surface area is 137 Å². The summed E-state index contributed by atoms with van der Waals surface area (Å²) < 4.78 is 22.3. The fraction of sp³-hybridized carbons (Fsp3) is 0.882. The third-order valence-electron chi connectivity index (χ3n) is 5.48. The van der Waals surface area contributed by atoms with E-state index in [0.717, 1.165) is 32.4 Å². The van der Waals surface area contributed by atoms with Crippen molar-refractivity contribution in [3.05, 3.63) is 11.1 Å². The Morgan fingerprint density at radius 1 is 1.32 bits per heavy atom. The van der Waals surface area contributed by atoms with Gasteiger partial charge in [0.1, 0.15) is 4.75 Å². The van der Waals surface area contributed by atoms with Gasteiger partial charge in [0.25, 0.3) is 0 Å². The predicted molar refractivity (Wildman–Crippen MR) is 91.0 cm³/mol. The zero-order valence-corrected chi connectivity index (χ0v) is 15.3. The molecule has 3 aliphatic rings. The van der Waals surface area contributed by atoms with E-state index in [1.807, 2.05) is 20.8 Å². The Morgan fingerprint density at radius 2 is 1.91 bits per heavy atom. The maximum absolute atomic E-state index is 12.7. The van der Waals surface area contributed by atoms with E-state index >= 15 is 0 Å². The van der Waals surface area contributed by atoms with Crippen LogP contribution in [0.1, 0.15) is 53.9 Å². The highest BCUT2D eigenvalue weighted by Crippen LogP contribution is 2.53. The van der Waals surface area contributed by atoms with Gasteiger partial charge in [-0.3, -0.25) is 0 Å². The van der Waals surface area contributed by atoms with Crippen molar-refractivity contribution >= 4 is 11.4 Å². The molecular weight excluding hydrogens is 296 g/mol. The number of nitrogens with one attached hydrogen (secondary N) is 2. The summed E-state index contributed by atoms with van der Waals surface area (Å²) in [4.78, 5) is 0. The van der Waals surface area contributed by atoms with Crippen molar-refractivity contribution in [1.29, 1.82) is 0 Å². The molecule has 1 spiro atoms. The molecule has 0 amide bonds. The predicted octanol–water partition coefficient (Wildman–Crippen LogP) is 2.28. The number of piperidine rings is 1. The number of hydrogen-bond acceptors (Lipinski definition) is 4. The maximum atomic E-state index is 12.7. The second kappa shape index (κ2) is 5.78. The second-order valence-electron chi connectivity index (χ2n) is 8.16. The molecule has 2 N–H and O–H groups in total. The highest BCUT2D eigenvalue weighted by molar-refractivity contribution is 7.90. The first kappa shape index (κ1) is 16.8. The molecule has 4 nitrogen and oxygen atoms in total. The quantitative estimate of drug-likeness (QED) is 0.617. The van der Waals surface area contributed by atoms with Crippen LogP contribution in [-0.4, -0.2) is 40.6 Å². The summed E-state index contributed by atoms with van der Waals surface area (Å²) in [5.74, 6) is 0. The fourth-order valence-corrected chi connectivity index (χ4v) is 5.03. The topological polar surface area (TPSA) is 56.3 Å². The SMILES string of the molecule is CC1=C(C2O[C@@H](C)[C@@H](N[S@+]([O-])C(C)(C)C)C23CCNCC3)C1. The van der Waals surface area contributed by atoms with E-state index in [-0.39, 0.29) is 28.4 Å². The van der Waals surface area contributed by atoms with Crippen LogP contribution in [0, 0.1) is 5.41 Å². The molecule has 0 saturated carbocycles. The largest absolute Gasteiger partial charge is 0.598 e. The molecule has 0 aromatic rings. The Bertz CT molecular complexity index is 466. The molecule has 2 aliphatic heterocycles. The first-order chi connectivity index (χ1) is 10.3. The van der Waals surface area contributed by atoms with Gasteiger partial charge in [0.15, 0.2) is 0 Å². The number of hydrogen-bond donors (Lipinski definition) is 2. The van der Waals surface area contributed by atoms with Gasteiger partial charge in [-0.15, -0.1) is 4.72 Å². The van der Waals surface area contributed by atoms with E-state index in [0.29, 0.717) is 0 Å². The zero-order valence-electron chi connectivity index (χ0n) is 14.5. The summed E-state index contributed by atoms with van der Waals surface area (Å²) in [6, 6.07) is 0.167. The van der Waals surface area contributed by atoms with E-state index in [9.17, 15) is 4.55 Å². The molecule has 0 aromatic carbocycles. The van der Waals surface area contributed by atoms with Gasteiger partial charge < -0.3 is 14.6 Å². The van der Waals surface area contributed by atoms with Crippen LogP contribution in [0.5, 0.6) is 0 Å². The van der Waals surface area contributed by atoms with Crippen LogP contribution in [0.25, 0.3) is 0 Å². The first-order valence-corrected chi connectivity index (χ1v) is 9.63. The lowest BCUT2D eigenvalue weighted by Gasteiger charge is -2.42. The van der Waals surface area contributed by atoms with E-state index < -0.39 is 11.4 Å². The molecule has 126 valence electrons. The van der Waals surface area contributed by atoms with Crippen molar-refractivity contribution in [3.8, 4) is 0 Å². The van der Waals surface area contributed by atoms with Crippen LogP contribution in [0.15, 0.2) is 11.1 Å². The van der Waals surface area contributed by atoms with E-state index in [1.165, 1.54) is 11.1 Å². The summed E-state index contributed by atoms with van der Waals surface area (Å²) >= 11 is -1.06. The average molecular weight is 327 g/mol. The highest BCUT2D eigenvalue weighted by atomic mass is 32.2. The summed E-state index contributed by atoms with van der Waals surface area (Å²) in [6.07, 6.45) is 3.64. The Morgan fingerprint density at radius 3 is 2.41 bits per heavy atom. The van der Waals surface area contributed by atoms with Crippen molar-refractivity contribution in [2.24, 2.45) is 5.41 Å². The minimum atomic E-state index is -1.06. The van der Waals surface area contributed by atoms with Crippen molar-refractivity contribution in [2.45, 2.75) is 76.9 Å². The van der Waals surface area contributed by atoms with Gasteiger partial charge in [0, 0.05) is 16.8 Å². The van der Waals surface area contributed by atoms with E-state index in [2.05, 4.69) is 23.9 Å². The Balaban J connectivity index is 1.86. The molecule has 1 unspecified atom stereocenters. The molecular formula is C17H30N2O2S. The third-order valence-corrected chi connectivity index (χ3v) is 7.06. The third kappa shape index (κ3) is 2.86. The molecule has 2 fully saturated rings. The lowest BCUT2D eigenvalue weighted by atomic mass is 9.69. The summed E-state index contributed by atoms with van der Waals surface area (Å²) in [5, 5.41) is 3.47. The van der Waals surface area contributed by atoms with Crippen molar-refractivity contribution < 1.29 is 9.29 Å². The lowest BCUT2D eigenvalue weighted by Crippen LogP contribution is -2.57. The molecule has 0 radical (unpaired) electrons. The van der Waals surface area contributed by atoms with Gasteiger partial charge in [0.05, 0.1) is 18.2 Å². The second-order valence-corrected chi connectivity index (χ2v) is 10.2. The summed E-state index contributed by atoms with van der Waals surface area (Å²) in [7, 11) is 0. The van der Waals surface area contributed by atoms with Gasteiger partial charge in [0.2, 0.25) is 0 Å². The molecule has 3 rings (SSSR count). The number of ether oxygens (including phenoxy) is 1. The molecule has 2 heterocycles. The van der Waals surface area contributed by atoms with E-state index in [4.69, 9.17) is 4.74 Å². The normalized spacial score (nSPS) is 36.0. The van der Waals surface area contributed by atoms with Crippen molar-refractivity contribution in [1.82, 2.24) is 10.0 Å². The van der Waals surface area contributed by atoms with Crippen LogP contribution in [-0.2, 0) is 16.1 Å². The maximum Gasteiger partial charge on any atom is 0.136 e. The fourth-order valence-electron chi connectivity index (χ4n) is 4.02. The minimum absolute atomic E-state index is 0.0959. The van der Waals surface area contributed by atoms with Crippen LogP contribution in [0.3, 0.4) is 0 Å². The van der Waals surface area contributed by atoms with Crippen LogP contribution >= 0.6 is 0 Å². The monoisotopic (exact) mass is 326 g/mol. The highest BCUT2D eigenvalue weighted by Gasteiger charge is 2.59. The molecule has 0 aromatic heterocycles. The standard InChI is InChI=1S/C17H30N2O2S/c1-11-10-13(11)15-17(6-8-18-9-7-17)14(12(2)21-15)19-22(20)16(3,4)5/h12,14-15,18-19H,6-10H2,1-5H3/t12-,14+,15?,22+/m0/s1. The number of rotatable bonds is 3. The molecule has 22 heavy (non-hydrogen) atoms. The molecule has 0 bridgehead atoms. The number of allylic oxidation sites excluding steroid dienone is 1. The molecule has 4 atom stereocenters.